The van der Waals surface area contributed by atoms with E-state index in [9.17, 15) is 9.59 Å². The van der Waals surface area contributed by atoms with E-state index in [0.717, 1.165) is 51.5 Å². The molecule has 10 heteroatoms. The van der Waals surface area contributed by atoms with Gasteiger partial charge in [0.05, 0.1) is 29.8 Å². The molecule has 1 aromatic heterocycles. The van der Waals surface area contributed by atoms with E-state index < -0.39 is 11.9 Å². The molecule has 1 amide bonds. The van der Waals surface area contributed by atoms with Crippen LogP contribution in [0.3, 0.4) is 0 Å². The van der Waals surface area contributed by atoms with Crippen LogP contribution in [0, 0.1) is 5.92 Å². The number of carbonyl (C=O) groups is 2. The van der Waals surface area contributed by atoms with Gasteiger partial charge in [-0.05, 0) is 82.2 Å². The van der Waals surface area contributed by atoms with Gasteiger partial charge in [-0.2, -0.15) is 5.48 Å². The number of hydrogen-bond acceptors (Lipinski definition) is 7. The topological polar surface area (TPSA) is 90.0 Å². The van der Waals surface area contributed by atoms with Crippen LogP contribution < -0.4 is 15.0 Å². The molecule has 0 saturated heterocycles. The fraction of sp³-hybridized carbons (Fsp3) is 0.424. The van der Waals surface area contributed by atoms with Crippen molar-refractivity contribution in [2.24, 2.45) is 5.92 Å². The number of aromatic nitrogens is 1. The third-order valence-corrected chi connectivity index (χ3v) is 7.87. The molecule has 1 saturated carbocycles. The molecule has 1 fully saturated rings. The summed E-state index contributed by atoms with van der Waals surface area (Å²) in [7, 11) is 4.02. The zero-order chi connectivity index (χ0) is 30.8. The molecule has 1 heterocycles. The predicted molar refractivity (Wildman–Crippen MR) is 170 cm³/mol. The zero-order valence-electron chi connectivity index (χ0n) is 25.0. The van der Waals surface area contributed by atoms with E-state index in [4.69, 9.17) is 42.5 Å². The van der Waals surface area contributed by atoms with Gasteiger partial charge >= 0.3 is 11.9 Å². The molecule has 8 nitrogen and oxygen atoms in total. The van der Waals surface area contributed by atoms with Gasteiger partial charge in [-0.25, -0.2) is 9.78 Å². The van der Waals surface area contributed by atoms with E-state index in [1.54, 1.807) is 30.3 Å². The zero-order valence-corrected chi connectivity index (χ0v) is 26.5. The van der Waals surface area contributed by atoms with Crippen molar-refractivity contribution in [3.63, 3.8) is 0 Å². The van der Waals surface area contributed by atoms with Gasteiger partial charge in [-0.15, -0.1) is 0 Å². The van der Waals surface area contributed by atoms with Gasteiger partial charge in [0.1, 0.15) is 17.2 Å². The first-order valence-corrected chi connectivity index (χ1v) is 15.5. The van der Waals surface area contributed by atoms with Crippen LogP contribution in [0.4, 0.5) is 0 Å². The molecule has 0 unspecified atom stereocenters. The monoisotopic (exact) mass is 627 g/mol. The summed E-state index contributed by atoms with van der Waals surface area (Å²) in [6, 6.07) is 14.2. The van der Waals surface area contributed by atoms with Gasteiger partial charge in [-0.3, -0.25) is 4.79 Å². The highest BCUT2D eigenvalue weighted by atomic mass is 35.5. The number of benzene rings is 2. The Morgan fingerprint density at radius 2 is 1.70 bits per heavy atom. The van der Waals surface area contributed by atoms with Crippen molar-refractivity contribution in [3.8, 4) is 33.9 Å². The van der Waals surface area contributed by atoms with Gasteiger partial charge in [-0.1, -0.05) is 55.5 Å². The molecule has 0 atom stereocenters. The third-order valence-electron chi connectivity index (χ3n) is 7.22. The van der Waals surface area contributed by atoms with E-state index in [0.29, 0.717) is 57.1 Å². The third kappa shape index (κ3) is 9.08. The minimum Gasteiger partial charge on any atom is -0.494 e. The lowest BCUT2D eigenvalue weighted by Gasteiger charge is -2.19. The Bertz CT molecular complexity index is 1410. The highest BCUT2D eigenvalue weighted by molar-refractivity contribution is 6.33. The fourth-order valence-corrected chi connectivity index (χ4v) is 5.33. The van der Waals surface area contributed by atoms with E-state index in [1.165, 1.54) is 0 Å². The molecular formula is C33H39Cl2N3O5. The van der Waals surface area contributed by atoms with Gasteiger partial charge < -0.3 is 19.2 Å². The van der Waals surface area contributed by atoms with Crippen LogP contribution in [0.5, 0.6) is 11.5 Å². The standard InChI is InChI=1S/C33H39Cl2N3O5/c1-4-18-41-24-12-15-27(34)26(21-24)25-13-16-29(32(39)37-43-33(40)22-9-6-5-7-10-22)36-31(25)23-11-14-28(35)30(20-23)42-19-8-17-38(2)3/h11-16,20-22H,4-10,17-19H2,1-3H3,(H,37,39). The molecule has 230 valence electrons. The maximum absolute atomic E-state index is 13.1. The molecular weight excluding hydrogens is 589 g/mol. The number of hydroxylamine groups is 1. The number of pyridine rings is 1. The number of rotatable bonds is 12. The first kappa shape index (κ1) is 32.6. The number of ether oxygens (including phenoxy) is 2. The Morgan fingerprint density at radius 3 is 2.44 bits per heavy atom. The lowest BCUT2D eigenvalue weighted by molar-refractivity contribution is -0.155. The van der Waals surface area contributed by atoms with Gasteiger partial charge in [0, 0.05) is 28.3 Å². The van der Waals surface area contributed by atoms with Gasteiger partial charge in [0.15, 0.2) is 0 Å². The van der Waals surface area contributed by atoms with Crippen molar-refractivity contribution >= 4 is 35.1 Å². The summed E-state index contributed by atoms with van der Waals surface area (Å²) in [4.78, 5) is 37.6. The van der Waals surface area contributed by atoms with Crippen LogP contribution in [0.1, 0.15) is 62.4 Å². The number of halogens is 2. The van der Waals surface area contributed by atoms with E-state index >= 15 is 0 Å². The number of amides is 1. The molecule has 43 heavy (non-hydrogen) atoms. The van der Waals surface area contributed by atoms with Gasteiger partial charge in [0.25, 0.3) is 0 Å². The number of nitrogens with one attached hydrogen (secondary N) is 1. The Labute approximate surface area is 263 Å². The Hall–Kier alpha value is -3.33. The first-order valence-electron chi connectivity index (χ1n) is 14.8. The van der Waals surface area contributed by atoms with Crippen LogP contribution in [0.2, 0.25) is 10.0 Å². The fourth-order valence-electron chi connectivity index (χ4n) is 4.94. The maximum Gasteiger partial charge on any atom is 0.335 e. The smallest absolute Gasteiger partial charge is 0.335 e. The Morgan fingerprint density at radius 1 is 0.930 bits per heavy atom. The molecule has 2 aromatic carbocycles. The Balaban J connectivity index is 1.67. The van der Waals surface area contributed by atoms with Crippen molar-refractivity contribution in [2.45, 2.75) is 51.9 Å². The van der Waals surface area contributed by atoms with E-state index in [2.05, 4.69) is 10.4 Å². The second kappa shape index (κ2) is 15.9. The minimum atomic E-state index is -0.628. The molecule has 4 rings (SSSR count). The van der Waals surface area contributed by atoms with Crippen molar-refractivity contribution in [2.75, 3.05) is 33.9 Å². The highest BCUT2D eigenvalue weighted by Crippen LogP contribution is 2.39. The van der Waals surface area contributed by atoms with Crippen LogP contribution in [-0.2, 0) is 9.63 Å². The van der Waals surface area contributed by atoms with Crippen molar-refractivity contribution in [3.05, 3.63) is 64.3 Å². The van der Waals surface area contributed by atoms with Crippen LogP contribution in [-0.4, -0.2) is 55.6 Å². The molecule has 1 N–H and O–H groups in total. The molecule has 0 bridgehead atoms. The van der Waals surface area contributed by atoms with Gasteiger partial charge in [0.2, 0.25) is 0 Å². The summed E-state index contributed by atoms with van der Waals surface area (Å²) >= 11 is 13.2. The Kier molecular flexibility index (Phi) is 12.1. The highest BCUT2D eigenvalue weighted by Gasteiger charge is 2.24. The SMILES string of the molecule is CCCOc1ccc(Cl)c(-c2ccc(C(=O)NOC(=O)C3CCCCC3)nc2-c2ccc(Cl)c(OCCCN(C)C)c2)c1. The number of nitrogens with zero attached hydrogens (tertiary/aromatic N) is 2. The summed E-state index contributed by atoms with van der Waals surface area (Å²) in [6.07, 6.45) is 6.30. The summed E-state index contributed by atoms with van der Waals surface area (Å²) in [6.45, 7) is 3.96. The second-order valence-electron chi connectivity index (χ2n) is 10.9. The van der Waals surface area contributed by atoms with E-state index in [-0.39, 0.29) is 11.6 Å². The average Bonchev–Trinajstić information content (AvgIpc) is 3.02. The van der Waals surface area contributed by atoms with E-state index in [1.807, 2.05) is 39.2 Å². The average molecular weight is 629 g/mol. The van der Waals surface area contributed by atoms with Crippen molar-refractivity contribution in [1.82, 2.24) is 15.4 Å². The minimum absolute atomic E-state index is 0.0769. The number of carbonyl (C=O) groups excluding carboxylic acids is 2. The second-order valence-corrected chi connectivity index (χ2v) is 11.7. The maximum atomic E-state index is 13.1. The molecule has 1 aliphatic rings. The van der Waals surface area contributed by atoms with Crippen LogP contribution >= 0.6 is 23.2 Å². The normalized spacial score (nSPS) is 13.5. The molecule has 0 aliphatic heterocycles. The first-order chi connectivity index (χ1) is 20.8. The lowest BCUT2D eigenvalue weighted by Crippen LogP contribution is -2.31. The van der Waals surface area contributed by atoms with Crippen molar-refractivity contribution in [1.29, 1.82) is 0 Å². The molecule has 3 aromatic rings. The predicted octanol–water partition coefficient (Wildman–Crippen LogP) is 7.61. The van der Waals surface area contributed by atoms with Crippen molar-refractivity contribution < 1.29 is 23.9 Å². The molecule has 0 spiro atoms. The molecule has 1 aliphatic carbocycles. The lowest BCUT2D eigenvalue weighted by atomic mass is 9.89. The molecule has 0 radical (unpaired) electrons. The van der Waals surface area contributed by atoms with Crippen LogP contribution in [0.15, 0.2) is 48.5 Å². The quantitative estimate of drug-likeness (QED) is 0.163. The van der Waals surface area contributed by atoms with Crippen LogP contribution in [0.25, 0.3) is 22.4 Å². The summed E-state index contributed by atoms with van der Waals surface area (Å²) in [5.74, 6) is -0.0706. The summed E-state index contributed by atoms with van der Waals surface area (Å²) < 4.78 is 11.9. The summed E-state index contributed by atoms with van der Waals surface area (Å²) in [5, 5.41) is 0.964. The summed E-state index contributed by atoms with van der Waals surface area (Å²) in [5.41, 5.74) is 4.90. The number of hydrogen-bond donors (Lipinski definition) is 1. The largest absolute Gasteiger partial charge is 0.494 e.